The van der Waals surface area contributed by atoms with Gasteiger partial charge in [-0.2, -0.15) is 0 Å². The van der Waals surface area contributed by atoms with Gasteiger partial charge in [0, 0.05) is 19.1 Å². The highest BCUT2D eigenvalue weighted by molar-refractivity contribution is 5.24. The normalized spacial score (nSPS) is 17.5. The molecule has 1 fully saturated rings. The average Bonchev–Trinajstić information content (AvgIpc) is 3.02. The molecule has 0 radical (unpaired) electrons. The predicted octanol–water partition coefficient (Wildman–Crippen LogP) is 1.80. The van der Waals surface area contributed by atoms with Gasteiger partial charge in [0.05, 0.1) is 6.54 Å². The van der Waals surface area contributed by atoms with Crippen molar-refractivity contribution in [1.82, 2.24) is 15.5 Å². The highest BCUT2D eigenvalue weighted by Gasteiger charge is 2.22. The summed E-state index contributed by atoms with van der Waals surface area (Å²) in [4.78, 5) is 2.04. The maximum atomic E-state index is 5.64. The van der Waals surface area contributed by atoms with Gasteiger partial charge >= 0.3 is 6.01 Å². The van der Waals surface area contributed by atoms with Crippen molar-refractivity contribution >= 4 is 6.01 Å². The summed E-state index contributed by atoms with van der Waals surface area (Å²) in [6.45, 7) is 7.22. The van der Waals surface area contributed by atoms with Gasteiger partial charge in [-0.1, -0.05) is 18.9 Å². The molecule has 1 aliphatic carbocycles. The van der Waals surface area contributed by atoms with Crippen molar-refractivity contribution in [2.24, 2.45) is 5.92 Å². The fourth-order valence-electron chi connectivity index (χ4n) is 1.60. The molecule has 0 spiro atoms. The van der Waals surface area contributed by atoms with E-state index >= 15 is 0 Å². The molecule has 1 aromatic heterocycles. The number of anilines is 1. The topological polar surface area (TPSA) is 54.2 Å². The molecule has 0 amide bonds. The third kappa shape index (κ3) is 3.19. The highest BCUT2D eigenvalue weighted by Crippen LogP contribution is 2.20. The van der Waals surface area contributed by atoms with Crippen molar-refractivity contribution in [3.8, 4) is 0 Å². The van der Waals surface area contributed by atoms with Crippen LogP contribution in [0.3, 0.4) is 0 Å². The van der Waals surface area contributed by atoms with E-state index in [1.165, 1.54) is 12.8 Å². The fraction of sp³-hybridized carbons (Fsp3) is 0.833. The molecule has 2 rings (SSSR count). The van der Waals surface area contributed by atoms with Crippen LogP contribution in [0.15, 0.2) is 4.42 Å². The monoisotopic (exact) mass is 238 g/mol. The van der Waals surface area contributed by atoms with Crippen LogP contribution in [0.25, 0.3) is 0 Å². The Morgan fingerprint density at radius 3 is 2.65 bits per heavy atom. The van der Waals surface area contributed by atoms with Crippen LogP contribution in [0.4, 0.5) is 6.01 Å². The number of rotatable bonds is 6. The summed E-state index contributed by atoms with van der Waals surface area (Å²) < 4.78 is 5.64. The third-order valence-corrected chi connectivity index (χ3v) is 3.45. The van der Waals surface area contributed by atoms with E-state index in [4.69, 9.17) is 4.42 Å². The number of hydrogen-bond acceptors (Lipinski definition) is 5. The van der Waals surface area contributed by atoms with Crippen LogP contribution >= 0.6 is 0 Å². The standard InChI is InChI=1S/C12H22N4O/c1-8(2)9(3)16(4)12-15-14-11(17-12)7-13-10-5-6-10/h8-10,13H,5-7H2,1-4H3. The first kappa shape index (κ1) is 12.4. The lowest BCUT2D eigenvalue weighted by Crippen LogP contribution is -2.33. The zero-order valence-corrected chi connectivity index (χ0v) is 11.1. The van der Waals surface area contributed by atoms with Gasteiger partial charge in [-0.15, -0.1) is 5.10 Å². The maximum Gasteiger partial charge on any atom is 0.318 e. The molecule has 1 unspecified atom stereocenters. The van der Waals surface area contributed by atoms with Gasteiger partial charge in [-0.05, 0) is 25.7 Å². The first-order chi connectivity index (χ1) is 8.08. The van der Waals surface area contributed by atoms with Crippen molar-refractivity contribution in [2.45, 2.75) is 52.2 Å². The molecular formula is C12H22N4O. The van der Waals surface area contributed by atoms with Crippen molar-refractivity contribution in [3.63, 3.8) is 0 Å². The van der Waals surface area contributed by atoms with Crippen LogP contribution in [-0.2, 0) is 6.54 Å². The summed E-state index contributed by atoms with van der Waals surface area (Å²) in [5, 5.41) is 11.5. The zero-order valence-electron chi connectivity index (χ0n) is 11.1. The van der Waals surface area contributed by atoms with E-state index in [2.05, 4.69) is 36.3 Å². The molecule has 0 saturated heterocycles. The van der Waals surface area contributed by atoms with Crippen LogP contribution in [-0.4, -0.2) is 29.3 Å². The molecule has 1 aromatic rings. The zero-order chi connectivity index (χ0) is 12.4. The SMILES string of the molecule is CC(C)C(C)N(C)c1nnc(CNC2CC2)o1. The van der Waals surface area contributed by atoms with Gasteiger partial charge in [0.1, 0.15) is 0 Å². The van der Waals surface area contributed by atoms with Crippen molar-refractivity contribution in [1.29, 1.82) is 0 Å². The van der Waals surface area contributed by atoms with E-state index in [0.717, 1.165) is 0 Å². The summed E-state index contributed by atoms with van der Waals surface area (Å²) in [7, 11) is 2.00. The second kappa shape index (κ2) is 5.04. The number of nitrogens with one attached hydrogen (secondary N) is 1. The Labute approximate surface area is 103 Å². The minimum atomic E-state index is 0.389. The molecule has 0 aliphatic heterocycles. The second-order valence-electron chi connectivity index (χ2n) is 5.23. The van der Waals surface area contributed by atoms with E-state index in [0.29, 0.717) is 36.5 Å². The number of aromatic nitrogens is 2. The van der Waals surface area contributed by atoms with E-state index < -0.39 is 0 Å². The largest absolute Gasteiger partial charge is 0.407 e. The molecule has 5 nitrogen and oxygen atoms in total. The quantitative estimate of drug-likeness (QED) is 0.819. The molecule has 0 aromatic carbocycles. The van der Waals surface area contributed by atoms with Gasteiger partial charge in [0.2, 0.25) is 5.89 Å². The number of hydrogen-bond donors (Lipinski definition) is 1. The fourth-order valence-corrected chi connectivity index (χ4v) is 1.60. The van der Waals surface area contributed by atoms with Gasteiger partial charge < -0.3 is 14.6 Å². The first-order valence-corrected chi connectivity index (χ1v) is 6.36. The Bertz CT molecular complexity index is 359. The van der Waals surface area contributed by atoms with Gasteiger partial charge in [0.25, 0.3) is 0 Å². The van der Waals surface area contributed by atoms with E-state index in [-0.39, 0.29) is 0 Å². The average molecular weight is 238 g/mol. The van der Waals surface area contributed by atoms with Crippen LogP contribution in [0.1, 0.15) is 39.5 Å². The second-order valence-corrected chi connectivity index (χ2v) is 5.23. The molecule has 17 heavy (non-hydrogen) atoms. The lowest BCUT2D eigenvalue weighted by molar-refractivity contribution is 0.430. The van der Waals surface area contributed by atoms with Crippen LogP contribution in [0.5, 0.6) is 0 Å². The Hall–Kier alpha value is -1.10. The van der Waals surface area contributed by atoms with Crippen LogP contribution < -0.4 is 10.2 Å². The Morgan fingerprint density at radius 2 is 2.06 bits per heavy atom. The molecule has 5 heteroatoms. The summed E-state index contributed by atoms with van der Waals surface area (Å²) in [6, 6.07) is 1.66. The van der Waals surface area contributed by atoms with Gasteiger partial charge in [0.15, 0.2) is 0 Å². The third-order valence-electron chi connectivity index (χ3n) is 3.45. The Kier molecular flexibility index (Phi) is 3.66. The van der Waals surface area contributed by atoms with E-state index in [1.807, 2.05) is 11.9 Å². The van der Waals surface area contributed by atoms with Crippen molar-refractivity contribution in [3.05, 3.63) is 5.89 Å². The maximum absolute atomic E-state index is 5.64. The smallest absolute Gasteiger partial charge is 0.318 e. The summed E-state index contributed by atoms with van der Waals surface area (Å²) in [5.41, 5.74) is 0. The first-order valence-electron chi connectivity index (χ1n) is 6.36. The molecule has 1 atom stereocenters. The molecule has 1 N–H and O–H groups in total. The Morgan fingerprint density at radius 1 is 1.35 bits per heavy atom. The van der Waals surface area contributed by atoms with E-state index in [1.54, 1.807) is 0 Å². The van der Waals surface area contributed by atoms with Crippen LogP contribution in [0, 0.1) is 5.92 Å². The molecule has 1 aliphatic rings. The lowest BCUT2D eigenvalue weighted by Gasteiger charge is -2.25. The number of nitrogens with zero attached hydrogens (tertiary/aromatic N) is 3. The van der Waals surface area contributed by atoms with Gasteiger partial charge in [-0.25, -0.2) is 0 Å². The molecular weight excluding hydrogens is 216 g/mol. The Balaban J connectivity index is 1.91. The molecule has 0 bridgehead atoms. The molecule has 1 saturated carbocycles. The minimum absolute atomic E-state index is 0.389. The highest BCUT2D eigenvalue weighted by atomic mass is 16.4. The molecule has 1 heterocycles. The summed E-state index contributed by atoms with van der Waals surface area (Å²) in [6.07, 6.45) is 2.54. The lowest BCUT2D eigenvalue weighted by atomic mass is 10.1. The van der Waals surface area contributed by atoms with Crippen molar-refractivity contribution in [2.75, 3.05) is 11.9 Å². The summed E-state index contributed by atoms with van der Waals surface area (Å²) >= 11 is 0. The minimum Gasteiger partial charge on any atom is -0.407 e. The van der Waals surface area contributed by atoms with E-state index in [9.17, 15) is 0 Å². The van der Waals surface area contributed by atoms with Crippen LogP contribution in [0.2, 0.25) is 0 Å². The predicted molar refractivity (Wildman–Crippen MR) is 66.9 cm³/mol. The van der Waals surface area contributed by atoms with Crippen molar-refractivity contribution < 1.29 is 4.42 Å². The molecule has 96 valence electrons. The summed E-state index contributed by atoms with van der Waals surface area (Å²) in [5.74, 6) is 1.23. The van der Waals surface area contributed by atoms with Gasteiger partial charge in [-0.3, -0.25) is 0 Å².